The van der Waals surface area contributed by atoms with E-state index in [9.17, 15) is 9.18 Å². The Morgan fingerprint density at radius 3 is 2.90 bits per heavy atom. The summed E-state index contributed by atoms with van der Waals surface area (Å²) in [5.74, 6) is -0.344. The van der Waals surface area contributed by atoms with Crippen LogP contribution < -0.4 is 0 Å². The van der Waals surface area contributed by atoms with E-state index in [1.165, 1.54) is 6.20 Å². The highest BCUT2D eigenvalue weighted by atomic mass is 19.1. The summed E-state index contributed by atoms with van der Waals surface area (Å²) in [5, 5.41) is 0. The third-order valence-electron chi connectivity index (χ3n) is 3.65. The highest BCUT2D eigenvalue weighted by Crippen LogP contribution is 2.40. The number of halogens is 1. The van der Waals surface area contributed by atoms with Crippen molar-refractivity contribution in [1.82, 2.24) is 9.55 Å². The van der Waals surface area contributed by atoms with Gasteiger partial charge in [-0.15, -0.1) is 0 Å². The van der Waals surface area contributed by atoms with E-state index in [-0.39, 0.29) is 12.0 Å². The lowest BCUT2D eigenvalue weighted by Crippen LogP contribution is -2.43. The van der Waals surface area contributed by atoms with Crippen molar-refractivity contribution < 1.29 is 13.9 Å². The van der Waals surface area contributed by atoms with Crippen LogP contribution in [0, 0.1) is 0 Å². The Balaban J connectivity index is 2.22. The van der Waals surface area contributed by atoms with Crippen molar-refractivity contribution in [3.05, 3.63) is 53.6 Å². The number of ether oxygens (including phenoxy) is 1. The Labute approximate surface area is 116 Å². The van der Waals surface area contributed by atoms with Gasteiger partial charge in [0.25, 0.3) is 0 Å². The molecule has 1 unspecified atom stereocenters. The van der Waals surface area contributed by atoms with Crippen LogP contribution in [-0.2, 0) is 11.4 Å². The molecule has 0 saturated heterocycles. The number of benzene rings is 1. The zero-order valence-electron chi connectivity index (χ0n) is 11.3. The molecule has 3 rings (SSSR count). The average molecular weight is 274 g/mol. The van der Waals surface area contributed by atoms with Gasteiger partial charge in [0.2, 0.25) is 0 Å². The molecule has 0 fully saturated rings. The lowest BCUT2D eigenvalue weighted by atomic mass is 9.85. The first-order chi connectivity index (χ1) is 9.54. The summed E-state index contributed by atoms with van der Waals surface area (Å²) in [4.78, 5) is 16.1. The standard InChI is InChI=1S/C15H15FN2O2/c1-15(2)13(18-9-17-8-10(18)7-16)11-5-3-4-6-12(11)14(19)20-15/h3-6,8-9,13H,7H2,1-2H3. The molecule has 0 bridgehead atoms. The summed E-state index contributed by atoms with van der Waals surface area (Å²) >= 11 is 0. The second-order valence-electron chi connectivity index (χ2n) is 5.41. The number of nitrogens with zero attached hydrogens (tertiary/aromatic N) is 2. The smallest absolute Gasteiger partial charge is 0.339 e. The van der Waals surface area contributed by atoms with E-state index in [1.54, 1.807) is 23.0 Å². The number of hydrogen-bond donors (Lipinski definition) is 0. The van der Waals surface area contributed by atoms with Crippen molar-refractivity contribution in [2.24, 2.45) is 0 Å². The van der Waals surface area contributed by atoms with Crippen LogP contribution in [0.2, 0.25) is 0 Å². The minimum absolute atomic E-state index is 0.287. The van der Waals surface area contributed by atoms with Gasteiger partial charge in [-0.1, -0.05) is 18.2 Å². The second-order valence-corrected chi connectivity index (χ2v) is 5.41. The Bertz CT molecular complexity index is 663. The Morgan fingerprint density at radius 2 is 2.15 bits per heavy atom. The number of aromatic nitrogens is 2. The van der Waals surface area contributed by atoms with Gasteiger partial charge >= 0.3 is 5.97 Å². The van der Waals surface area contributed by atoms with E-state index in [1.807, 2.05) is 26.0 Å². The Kier molecular flexibility index (Phi) is 2.85. The highest BCUT2D eigenvalue weighted by molar-refractivity contribution is 5.93. The lowest BCUT2D eigenvalue weighted by Gasteiger charge is -2.40. The highest BCUT2D eigenvalue weighted by Gasteiger charge is 2.43. The van der Waals surface area contributed by atoms with Crippen molar-refractivity contribution in [3.63, 3.8) is 0 Å². The molecule has 104 valence electrons. The zero-order valence-corrected chi connectivity index (χ0v) is 11.3. The van der Waals surface area contributed by atoms with Gasteiger partial charge in [0.05, 0.1) is 29.8 Å². The van der Waals surface area contributed by atoms with Crippen LogP contribution in [0.15, 0.2) is 36.8 Å². The molecular weight excluding hydrogens is 259 g/mol. The molecule has 0 spiro atoms. The van der Waals surface area contributed by atoms with Gasteiger partial charge in [-0.2, -0.15) is 0 Å². The van der Waals surface area contributed by atoms with Gasteiger partial charge in [0.1, 0.15) is 12.3 Å². The predicted molar refractivity (Wildman–Crippen MR) is 71.1 cm³/mol. The number of esters is 1. The molecule has 1 aromatic carbocycles. The zero-order chi connectivity index (χ0) is 14.3. The molecule has 0 saturated carbocycles. The quantitative estimate of drug-likeness (QED) is 0.791. The van der Waals surface area contributed by atoms with Crippen molar-refractivity contribution in [2.45, 2.75) is 32.2 Å². The van der Waals surface area contributed by atoms with E-state index >= 15 is 0 Å². The fourth-order valence-electron chi connectivity index (χ4n) is 2.80. The largest absolute Gasteiger partial charge is 0.453 e. The minimum Gasteiger partial charge on any atom is -0.453 e. The molecule has 20 heavy (non-hydrogen) atoms. The molecule has 0 amide bonds. The number of hydrogen-bond acceptors (Lipinski definition) is 3. The first-order valence-electron chi connectivity index (χ1n) is 6.43. The number of cyclic esters (lactones) is 1. The summed E-state index contributed by atoms with van der Waals surface area (Å²) in [6.45, 7) is 3.05. The molecule has 1 aromatic heterocycles. The number of fused-ring (bicyclic) bond motifs is 1. The molecule has 0 radical (unpaired) electrons. The molecular formula is C15H15FN2O2. The van der Waals surface area contributed by atoms with Crippen molar-refractivity contribution in [3.8, 4) is 0 Å². The third kappa shape index (κ3) is 1.81. The molecule has 0 aliphatic carbocycles. The molecule has 2 aromatic rings. The van der Waals surface area contributed by atoms with Crippen LogP contribution in [-0.4, -0.2) is 21.1 Å². The molecule has 0 N–H and O–H groups in total. The number of rotatable bonds is 2. The average Bonchev–Trinajstić information content (AvgIpc) is 2.86. The number of alkyl halides is 1. The van der Waals surface area contributed by atoms with Gasteiger partial charge in [0, 0.05) is 0 Å². The summed E-state index contributed by atoms with van der Waals surface area (Å²) in [6.07, 6.45) is 3.08. The molecule has 1 aliphatic heterocycles. The van der Waals surface area contributed by atoms with E-state index in [0.717, 1.165) is 5.56 Å². The maximum atomic E-state index is 13.1. The van der Waals surface area contributed by atoms with Gasteiger partial charge in [0.15, 0.2) is 0 Å². The van der Waals surface area contributed by atoms with Crippen molar-refractivity contribution >= 4 is 5.97 Å². The van der Waals surface area contributed by atoms with Crippen LogP contribution in [0.1, 0.15) is 41.5 Å². The van der Waals surface area contributed by atoms with Gasteiger partial charge in [-0.3, -0.25) is 0 Å². The van der Waals surface area contributed by atoms with Crippen molar-refractivity contribution in [2.75, 3.05) is 0 Å². The van der Waals surface area contributed by atoms with E-state index in [2.05, 4.69) is 4.98 Å². The van der Waals surface area contributed by atoms with Gasteiger partial charge in [-0.25, -0.2) is 14.2 Å². The number of carbonyl (C=O) groups is 1. The number of imidazole rings is 1. The third-order valence-corrected chi connectivity index (χ3v) is 3.65. The topological polar surface area (TPSA) is 44.1 Å². The van der Waals surface area contributed by atoms with Crippen LogP contribution in [0.4, 0.5) is 4.39 Å². The van der Waals surface area contributed by atoms with Crippen LogP contribution in [0.25, 0.3) is 0 Å². The summed E-state index contributed by atoms with van der Waals surface area (Å²) in [5.41, 5.74) is 1.06. The molecule has 2 heterocycles. The Morgan fingerprint density at radius 1 is 1.40 bits per heavy atom. The lowest BCUT2D eigenvalue weighted by molar-refractivity contribution is -0.0267. The maximum absolute atomic E-state index is 13.1. The van der Waals surface area contributed by atoms with E-state index in [0.29, 0.717) is 11.3 Å². The minimum atomic E-state index is -0.768. The summed E-state index contributed by atoms with van der Waals surface area (Å²) in [6, 6.07) is 6.98. The normalized spacial score (nSPS) is 20.4. The van der Waals surface area contributed by atoms with Crippen LogP contribution in [0.3, 0.4) is 0 Å². The van der Waals surface area contributed by atoms with E-state index < -0.39 is 12.3 Å². The van der Waals surface area contributed by atoms with Crippen LogP contribution >= 0.6 is 0 Å². The number of carbonyl (C=O) groups excluding carboxylic acids is 1. The fraction of sp³-hybridized carbons (Fsp3) is 0.333. The first-order valence-corrected chi connectivity index (χ1v) is 6.43. The SMILES string of the molecule is CC1(C)OC(=O)c2ccccc2C1n1cncc1CF. The Hall–Kier alpha value is -2.17. The predicted octanol–water partition coefficient (Wildman–Crippen LogP) is 2.89. The van der Waals surface area contributed by atoms with Crippen LogP contribution in [0.5, 0.6) is 0 Å². The molecule has 1 aliphatic rings. The first kappa shape index (κ1) is 12.8. The van der Waals surface area contributed by atoms with Crippen molar-refractivity contribution in [1.29, 1.82) is 0 Å². The molecule has 1 atom stereocenters. The summed E-state index contributed by atoms with van der Waals surface area (Å²) in [7, 11) is 0. The monoisotopic (exact) mass is 274 g/mol. The molecule has 5 heteroatoms. The van der Waals surface area contributed by atoms with E-state index in [4.69, 9.17) is 4.74 Å². The molecule has 4 nitrogen and oxygen atoms in total. The second kappa shape index (κ2) is 4.44. The van der Waals surface area contributed by atoms with Gasteiger partial charge < -0.3 is 9.30 Å². The van der Waals surface area contributed by atoms with Gasteiger partial charge in [-0.05, 0) is 25.5 Å². The summed E-state index contributed by atoms with van der Waals surface area (Å²) < 4.78 is 20.4. The maximum Gasteiger partial charge on any atom is 0.339 e. The fourth-order valence-corrected chi connectivity index (χ4v) is 2.80.